The van der Waals surface area contributed by atoms with Gasteiger partial charge in [-0.2, -0.15) is 11.8 Å². The number of nitrogens with one attached hydrogen (secondary N) is 1. The minimum atomic E-state index is 0.587. The molecule has 0 saturated heterocycles. The maximum Gasteiger partial charge on any atom is 0.0208 e. The Balaban J connectivity index is 1.95. The van der Waals surface area contributed by atoms with Gasteiger partial charge in [0, 0.05) is 12.6 Å². The molecule has 0 aliphatic heterocycles. The van der Waals surface area contributed by atoms with Crippen LogP contribution in [0.2, 0.25) is 0 Å². The molecule has 1 N–H and O–H groups in total. The summed E-state index contributed by atoms with van der Waals surface area (Å²) in [5.41, 5.74) is 1.37. The molecule has 2 aromatic rings. The van der Waals surface area contributed by atoms with E-state index in [1.165, 1.54) is 28.5 Å². The first-order valence-electron chi connectivity index (χ1n) is 6.49. The van der Waals surface area contributed by atoms with Gasteiger partial charge < -0.3 is 5.32 Å². The molecule has 0 heterocycles. The standard InChI is InChI=1S/C16H21NS/c1-13(9-10-18-2)17-12-14-7-8-15-5-3-4-6-16(15)11-14/h3-8,11,13,17H,9-10,12H2,1-2H3. The molecule has 2 rings (SSSR count). The molecule has 0 radical (unpaired) electrons. The van der Waals surface area contributed by atoms with Crippen LogP contribution in [0.3, 0.4) is 0 Å². The van der Waals surface area contributed by atoms with Crippen molar-refractivity contribution >= 4 is 22.5 Å². The Labute approximate surface area is 114 Å². The van der Waals surface area contributed by atoms with E-state index in [0.29, 0.717) is 6.04 Å². The highest BCUT2D eigenvalue weighted by Gasteiger charge is 2.01. The van der Waals surface area contributed by atoms with Crippen LogP contribution in [-0.2, 0) is 6.54 Å². The van der Waals surface area contributed by atoms with Crippen molar-refractivity contribution in [2.45, 2.75) is 25.9 Å². The lowest BCUT2D eigenvalue weighted by molar-refractivity contribution is 0.538. The maximum absolute atomic E-state index is 3.59. The third kappa shape index (κ3) is 3.76. The lowest BCUT2D eigenvalue weighted by Crippen LogP contribution is -2.25. The molecule has 0 aliphatic carbocycles. The van der Waals surface area contributed by atoms with Gasteiger partial charge in [0.15, 0.2) is 0 Å². The summed E-state index contributed by atoms with van der Waals surface area (Å²) < 4.78 is 0. The van der Waals surface area contributed by atoms with Crippen LogP contribution in [0.4, 0.5) is 0 Å². The van der Waals surface area contributed by atoms with Crippen LogP contribution in [0.1, 0.15) is 18.9 Å². The van der Waals surface area contributed by atoms with E-state index in [2.05, 4.69) is 61.0 Å². The van der Waals surface area contributed by atoms with Gasteiger partial charge in [0.1, 0.15) is 0 Å². The van der Waals surface area contributed by atoms with Crippen LogP contribution in [0, 0.1) is 0 Å². The quantitative estimate of drug-likeness (QED) is 0.839. The zero-order valence-corrected chi connectivity index (χ0v) is 12.0. The summed E-state index contributed by atoms with van der Waals surface area (Å²) in [6.07, 6.45) is 3.39. The molecule has 2 heteroatoms. The van der Waals surface area contributed by atoms with Crippen molar-refractivity contribution in [2.24, 2.45) is 0 Å². The highest BCUT2D eigenvalue weighted by Crippen LogP contribution is 2.15. The zero-order valence-electron chi connectivity index (χ0n) is 11.1. The molecule has 0 saturated carbocycles. The van der Waals surface area contributed by atoms with Crippen LogP contribution < -0.4 is 5.32 Å². The number of hydrogen-bond acceptors (Lipinski definition) is 2. The number of fused-ring (bicyclic) bond motifs is 1. The summed E-state index contributed by atoms with van der Waals surface area (Å²) in [5, 5.41) is 6.23. The van der Waals surface area contributed by atoms with Gasteiger partial charge in [-0.3, -0.25) is 0 Å². The van der Waals surface area contributed by atoms with E-state index in [9.17, 15) is 0 Å². The van der Waals surface area contributed by atoms with Crippen molar-refractivity contribution in [1.82, 2.24) is 5.32 Å². The molecule has 18 heavy (non-hydrogen) atoms. The van der Waals surface area contributed by atoms with Crippen LogP contribution >= 0.6 is 11.8 Å². The number of hydrogen-bond donors (Lipinski definition) is 1. The second-order valence-corrected chi connectivity index (χ2v) is 5.73. The molecule has 0 aliphatic rings. The van der Waals surface area contributed by atoms with E-state index in [4.69, 9.17) is 0 Å². The fraction of sp³-hybridized carbons (Fsp3) is 0.375. The minimum Gasteiger partial charge on any atom is -0.310 e. The van der Waals surface area contributed by atoms with Gasteiger partial charge in [0.25, 0.3) is 0 Å². The second kappa shape index (κ2) is 6.81. The first-order valence-corrected chi connectivity index (χ1v) is 7.89. The largest absolute Gasteiger partial charge is 0.310 e. The van der Waals surface area contributed by atoms with Crippen molar-refractivity contribution in [3.8, 4) is 0 Å². The Bertz CT molecular complexity index is 495. The van der Waals surface area contributed by atoms with E-state index in [-0.39, 0.29) is 0 Å². The molecule has 2 aromatic carbocycles. The SMILES string of the molecule is CSCCC(C)NCc1ccc2ccccc2c1. The third-order valence-electron chi connectivity index (χ3n) is 3.22. The Kier molecular flexibility index (Phi) is 5.09. The molecule has 0 aromatic heterocycles. The van der Waals surface area contributed by atoms with E-state index >= 15 is 0 Å². The normalized spacial score (nSPS) is 12.8. The van der Waals surface area contributed by atoms with Gasteiger partial charge >= 0.3 is 0 Å². The van der Waals surface area contributed by atoms with E-state index in [1.54, 1.807) is 0 Å². The summed E-state index contributed by atoms with van der Waals surface area (Å²) in [4.78, 5) is 0. The van der Waals surface area contributed by atoms with Gasteiger partial charge in [-0.1, -0.05) is 36.4 Å². The molecule has 1 atom stereocenters. The van der Waals surface area contributed by atoms with Crippen LogP contribution in [0.25, 0.3) is 10.8 Å². The number of thioether (sulfide) groups is 1. The Hall–Kier alpha value is -0.990. The number of benzene rings is 2. The predicted octanol–water partition coefficient (Wildman–Crippen LogP) is 4.07. The first kappa shape index (κ1) is 13.4. The van der Waals surface area contributed by atoms with Crippen molar-refractivity contribution in [2.75, 3.05) is 12.0 Å². The molecule has 1 nitrogen and oxygen atoms in total. The van der Waals surface area contributed by atoms with Crippen LogP contribution in [0.15, 0.2) is 42.5 Å². The smallest absolute Gasteiger partial charge is 0.0208 e. The first-order chi connectivity index (χ1) is 8.79. The van der Waals surface area contributed by atoms with Gasteiger partial charge in [0.05, 0.1) is 0 Å². The van der Waals surface area contributed by atoms with Gasteiger partial charge in [0.2, 0.25) is 0 Å². The molecular weight excluding hydrogens is 238 g/mol. The van der Waals surface area contributed by atoms with E-state index < -0.39 is 0 Å². The second-order valence-electron chi connectivity index (χ2n) is 4.74. The molecule has 0 bridgehead atoms. The monoisotopic (exact) mass is 259 g/mol. The van der Waals surface area contributed by atoms with Crippen molar-refractivity contribution in [3.63, 3.8) is 0 Å². The topological polar surface area (TPSA) is 12.0 Å². The summed E-state index contributed by atoms with van der Waals surface area (Å²) in [6.45, 7) is 3.22. The maximum atomic E-state index is 3.59. The molecule has 0 fully saturated rings. The zero-order chi connectivity index (χ0) is 12.8. The van der Waals surface area contributed by atoms with Gasteiger partial charge in [-0.25, -0.2) is 0 Å². The minimum absolute atomic E-state index is 0.587. The van der Waals surface area contributed by atoms with Gasteiger partial charge in [-0.05, 0) is 47.8 Å². The van der Waals surface area contributed by atoms with Gasteiger partial charge in [-0.15, -0.1) is 0 Å². The fourth-order valence-electron chi connectivity index (χ4n) is 2.04. The van der Waals surface area contributed by atoms with Crippen molar-refractivity contribution in [3.05, 3.63) is 48.0 Å². The Morgan fingerprint density at radius 3 is 2.67 bits per heavy atom. The highest BCUT2D eigenvalue weighted by molar-refractivity contribution is 7.98. The fourth-order valence-corrected chi connectivity index (χ4v) is 2.63. The molecular formula is C16H21NS. The summed E-state index contributed by atoms with van der Waals surface area (Å²) in [5.74, 6) is 1.23. The van der Waals surface area contributed by atoms with Crippen molar-refractivity contribution in [1.29, 1.82) is 0 Å². The highest BCUT2D eigenvalue weighted by atomic mass is 32.2. The molecule has 96 valence electrons. The average molecular weight is 259 g/mol. The molecule has 0 spiro atoms. The van der Waals surface area contributed by atoms with E-state index in [1.807, 2.05) is 11.8 Å². The predicted molar refractivity (Wildman–Crippen MR) is 83.2 cm³/mol. The van der Waals surface area contributed by atoms with Crippen LogP contribution in [-0.4, -0.2) is 18.1 Å². The lowest BCUT2D eigenvalue weighted by Gasteiger charge is -2.13. The van der Waals surface area contributed by atoms with Crippen molar-refractivity contribution < 1.29 is 0 Å². The van der Waals surface area contributed by atoms with Crippen LogP contribution in [0.5, 0.6) is 0 Å². The lowest BCUT2D eigenvalue weighted by atomic mass is 10.1. The third-order valence-corrected chi connectivity index (χ3v) is 3.87. The summed E-state index contributed by atoms with van der Waals surface area (Å²) >= 11 is 1.91. The summed E-state index contributed by atoms with van der Waals surface area (Å²) in [6, 6.07) is 15.8. The summed E-state index contributed by atoms with van der Waals surface area (Å²) in [7, 11) is 0. The average Bonchev–Trinajstić information content (AvgIpc) is 2.42. The Morgan fingerprint density at radius 1 is 1.11 bits per heavy atom. The molecule has 0 amide bonds. The number of rotatable bonds is 6. The Morgan fingerprint density at radius 2 is 1.89 bits per heavy atom. The molecule has 1 unspecified atom stereocenters. The van der Waals surface area contributed by atoms with E-state index in [0.717, 1.165) is 6.54 Å².